The van der Waals surface area contributed by atoms with Crippen molar-refractivity contribution in [3.63, 3.8) is 0 Å². The summed E-state index contributed by atoms with van der Waals surface area (Å²) in [4.78, 5) is 0. The summed E-state index contributed by atoms with van der Waals surface area (Å²) in [7, 11) is -1.13. The van der Waals surface area contributed by atoms with E-state index < -0.39 is 31.7 Å². The van der Waals surface area contributed by atoms with Gasteiger partial charge in [0.2, 0.25) is 0 Å². The van der Waals surface area contributed by atoms with E-state index in [9.17, 15) is 0 Å². The zero-order valence-electron chi connectivity index (χ0n) is 65.8. The summed E-state index contributed by atoms with van der Waals surface area (Å²) in [5.41, 5.74) is 5.63. The van der Waals surface area contributed by atoms with Crippen LogP contribution in [-0.4, -0.2) is 12.7 Å². The van der Waals surface area contributed by atoms with Gasteiger partial charge in [-0.1, -0.05) is 481 Å². The summed E-state index contributed by atoms with van der Waals surface area (Å²) in [5.74, 6) is 0.510. The third-order valence-corrected chi connectivity index (χ3v) is 30.5. The Labute approximate surface area is 759 Å². The average molecular weight is 1970 g/mol. The van der Waals surface area contributed by atoms with Crippen molar-refractivity contribution in [2.45, 2.75) is 0 Å². The van der Waals surface area contributed by atoms with E-state index in [1.165, 1.54) is 72.6 Å². The molecule has 18 aromatic carbocycles. The minimum atomic E-state index is -0.446. The molecule has 2 heterocycles. The van der Waals surface area contributed by atoms with Crippen LogP contribution in [0, 0.1) is 3.57 Å². The van der Waals surface area contributed by atoms with E-state index >= 15 is 0 Å². The summed E-state index contributed by atoms with van der Waals surface area (Å²) in [6.07, 6.45) is 0. The third-order valence-electron chi connectivity index (χ3n) is 19.0. The van der Waals surface area contributed by atoms with E-state index in [4.69, 9.17) is 18.5 Å². The van der Waals surface area contributed by atoms with Crippen LogP contribution in [0.2, 0.25) is 0 Å². The van der Waals surface area contributed by atoms with Crippen molar-refractivity contribution in [1.29, 1.82) is 0 Å². The fourth-order valence-corrected chi connectivity index (χ4v) is 24.7. The second kappa shape index (κ2) is 47.0. The van der Waals surface area contributed by atoms with Gasteiger partial charge in [0.1, 0.15) is 22.5 Å². The van der Waals surface area contributed by atoms with Crippen LogP contribution in [0.25, 0.3) is 55.0 Å². The molecule has 0 aliphatic heterocycles. The summed E-state index contributed by atoms with van der Waals surface area (Å²) < 4.78 is 20.2. The van der Waals surface area contributed by atoms with Gasteiger partial charge in [-0.15, -0.1) is 0 Å². The largest absolute Gasteiger partial charge is 0.569 e. The Hall–Kier alpha value is -10.5. The molecule has 0 aliphatic rings. The van der Waals surface area contributed by atoms with Crippen LogP contribution in [0.3, 0.4) is 0 Å². The molecular formula is C108H83BBr2IO4P4Pd. The van der Waals surface area contributed by atoms with Crippen LogP contribution in [0.1, 0.15) is 0 Å². The van der Waals surface area contributed by atoms with Crippen LogP contribution >= 0.6 is 86.1 Å². The second-order valence-corrected chi connectivity index (χ2v) is 39.0. The van der Waals surface area contributed by atoms with E-state index in [2.05, 4.69) is 467 Å². The smallest absolute Gasteiger partial charge is 0.535 e. The molecule has 13 heteroatoms. The molecule has 0 bridgehead atoms. The molecule has 0 unspecified atom stereocenters. The van der Waals surface area contributed by atoms with Crippen molar-refractivity contribution in [1.82, 2.24) is 0 Å². The summed E-state index contributed by atoms with van der Waals surface area (Å²) >= 11 is 9.16. The zero-order chi connectivity index (χ0) is 82.1. The molecule has 0 spiro atoms. The monoisotopic (exact) mass is 1970 g/mol. The first-order valence-electron chi connectivity index (χ1n) is 39.2. The number of benzene rings is 18. The third kappa shape index (κ3) is 24.6. The van der Waals surface area contributed by atoms with Crippen LogP contribution in [0.15, 0.2) is 515 Å². The van der Waals surface area contributed by atoms with Gasteiger partial charge in [-0.25, -0.2) is 0 Å². The first-order chi connectivity index (χ1) is 59.3. The molecule has 0 saturated carbocycles. The van der Waals surface area contributed by atoms with Gasteiger partial charge in [0, 0.05) is 60.0 Å². The molecule has 593 valence electrons. The van der Waals surface area contributed by atoms with E-state index in [0.717, 1.165) is 53.0 Å². The number of fused-ring (bicyclic) bond motifs is 6. The van der Waals surface area contributed by atoms with Crippen molar-refractivity contribution in [3.8, 4) is 16.9 Å². The van der Waals surface area contributed by atoms with Gasteiger partial charge in [-0.2, -0.15) is 0 Å². The van der Waals surface area contributed by atoms with Crippen molar-refractivity contribution >= 4 is 201 Å². The number of halogens is 3. The fourth-order valence-electron chi connectivity index (χ4n) is 13.7. The minimum absolute atomic E-state index is 0. The first kappa shape index (κ1) is 88.2. The minimum Gasteiger partial charge on any atom is -0.535 e. The van der Waals surface area contributed by atoms with Crippen LogP contribution in [0.5, 0.6) is 5.75 Å². The summed E-state index contributed by atoms with van der Waals surface area (Å²) in [5, 5.41) is 29.8. The molecule has 20 rings (SSSR count). The maximum atomic E-state index is 8.67. The van der Waals surface area contributed by atoms with E-state index in [1.54, 1.807) is 6.07 Å². The number of hydrogen-bond acceptors (Lipinski definition) is 4. The topological polar surface area (TPSA) is 55.7 Å². The normalized spacial score (nSPS) is 10.5. The maximum Gasteiger partial charge on any atom is 0.569 e. The molecule has 0 saturated heterocycles. The number of rotatable bonds is 15. The Morgan fingerprint density at radius 1 is 0.240 bits per heavy atom. The molecule has 0 amide bonds. The predicted octanol–water partition coefficient (Wildman–Crippen LogP) is 25.3. The molecule has 20 aromatic rings. The van der Waals surface area contributed by atoms with Gasteiger partial charge in [0.15, 0.2) is 5.58 Å². The molecule has 121 heavy (non-hydrogen) atoms. The van der Waals surface area contributed by atoms with Crippen molar-refractivity contribution in [2.75, 3.05) is 0 Å². The first-order valence-corrected chi connectivity index (χ1v) is 47.3. The second-order valence-electron chi connectivity index (χ2n) is 27.1. The van der Waals surface area contributed by atoms with Gasteiger partial charge in [0.25, 0.3) is 0 Å². The number of hydrogen-bond donors (Lipinski definition) is 1. The van der Waals surface area contributed by atoms with Gasteiger partial charge in [-0.05, 0) is 172 Å². The molecule has 4 nitrogen and oxygen atoms in total. The van der Waals surface area contributed by atoms with Crippen LogP contribution in [-0.2, 0) is 20.4 Å². The van der Waals surface area contributed by atoms with Gasteiger partial charge in [0.05, 0.1) is 0 Å². The quantitative estimate of drug-likeness (QED) is 0.0631. The number of furan rings is 2. The van der Waals surface area contributed by atoms with Gasteiger partial charge in [-0.3, -0.25) is 0 Å². The Balaban J connectivity index is 0.000000123. The van der Waals surface area contributed by atoms with Crippen molar-refractivity contribution in [3.05, 3.63) is 510 Å². The van der Waals surface area contributed by atoms with Crippen molar-refractivity contribution < 1.29 is 38.9 Å². The summed E-state index contributed by atoms with van der Waals surface area (Å²) in [6.45, 7) is 0. The Kier molecular flexibility index (Phi) is 34.3. The standard InChI is InChI=1S/C18H11BrO.4C18H15P.C12H8BO3.C6H4BrI.Pd/c19-13-6-3-5-12(11-13)14-8-4-9-16-15-7-1-2-10-17(15)20-18(14)16;4*1-4-10-16(11-5-1)19(17-12-6-2-7-13-17)18-14-8-3-9-15-18;14-13-16-11-7-3-5-9-8-4-1-2-6-10(8)15-12(9)11;7-5-2-1-3-6(8)4-5;/h1-11H;4*1-15H;1-7,14H;1-4H;. The molecule has 0 fully saturated rings. The van der Waals surface area contributed by atoms with E-state index in [0.29, 0.717) is 19.0 Å². The maximum absolute atomic E-state index is 8.67. The zero-order valence-corrected chi connectivity index (χ0v) is 76.3. The number of para-hydroxylation sites is 4. The molecule has 1 radical (unpaired) electrons. The Morgan fingerprint density at radius 2 is 0.471 bits per heavy atom. The molecular weight excluding hydrogens is 1890 g/mol. The molecule has 0 aliphatic carbocycles. The van der Waals surface area contributed by atoms with E-state index in [1.807, 2.05) is 78.9 Å². The average Bonchev–Trinajstić information content (AvgIpc) is 1.63. The predicted molar refractivity (Wildman–Crippen MR) is 537 cm³/mol. The molecule has 2 aromatic heterocycles. The van der Waals surface area contributed by atoms with E-state index in [-0.39, 0.29) is 20.4 Å². The van der Waals surface area contributed by atoms with Crippen molar-refractivity contribution in [2.24, 2.45) is 0 Å². The Morgan fingerprint density at radius 3 is 0.736 bits per heavy atom. The van der Waals surface area contributed by atoms with Gasteiger partial charge >= 0.3 is 7.69 Å². The molecule has 0 atom stereocenters. The molecule has 1 N–H and O–H groups in total. The van der Waals surface area contributed by atoms with Crippen LogP contribution < -0.4 is 68.3 Å². The van der Waals surface area contributed by atoms with Crippen LogP contribution in [0.4, 0.5) is 0 Å². The summed E-state index contributed by atoms with van der Waals surface area (Å²) in [6, 6.07) is 174. The fraction of sp³-hybridized carbons (Fsp3) is 0. The SMILES string of the molecule is Brc1cccc(-c2cccc3c2oc2ccccc23)c1.Brc1cccc(I)c1.O[B]Oc1cccc2c1oc1ccccc12.[Pd].c1ccc(P(c2ccccc2)c2ccccc2)cc1.c1ccc(P(c2ccccc2)c2ccccc2)cc1.c1ccc(P(c2ccccc2)c2ccccc2)cc1.c1ccc(P(c2ccccc2)c2ccccc2)cc1. The Bertz CT molecular complexity index is 5550. The van der Waals surface area contributed by atoms with Gasteiger partial charge < -0.3 is 18.5 Å².